The predicted octanol–water partition coefficient (Wildman–Crippen LogP) is 2.89. The summed E-state index contributed by atoms with van der Waals surface area (Å²) in [6.45, 7) is 9.87. The van der Waals surface area contributed by atoms with Crippen LogP contribution in [0.4, 0.5) is 0 Å². The summed E-state index contributed by atoms with van der Waals surface area (Å²) in [4.78, 5) is 2.27. The number of rotatable bonds is 7. The quantitative estimate of drug-likeness (QED) is 0.725. The van der Waals surface area contributed by atoms with Gasteiger partial charge in [0.15, 0.2) is 0 Å². The molecule has 0 unspecified atom stereocenters. The van der Waals surface area contributed by atoms with Crippen LogP contribution in [0.15, 0.2) is 0 Å². The lowest BCUT2D eigenvalue weighted by Crippen LogP contribution is -2.49. The Hall–Kier alpha value is 0.400. The molecule has 0 spiro atoms. The fourth-order valence-corrected chi connectivity index (χ4v) is 2.51. The van der Waals surface area contributed by atoms with Crippen molar-refractivity contribution >= 4 is 15.9 Å². The summed E-state index contributed by atoms with van der Waals surface area (Å²) < 4.78 is 0. The van der Waals surface area contributed by atoms with Crippen molar-refractivity contribution in [2.75, 3.05) is 25.5 Å². The maximum atomic E-state index is 9.33. The van der Waals surface area contributed by atoms with Crippen molar-refractivity contribution in [1.29, 1.82) is 0 Å². The van der Waals surface area contributed by atoms with Crippen LogP contribution in [0.2, 0.25) is 0 Å². The summed E-state index contributed by atoms with van der Waals surface area (Å²) in [5, 5.41) is 10.4. The van der Waals surface area contributed by atoms with Gasteiger partial charge in [-0.15, -0.1) is 0 Å². The molecule has 0 bridgehead atoms. The van der Waals surface area contributed by atoms with Crippen LogP contribution in [-0.2, 0) is 0 Å². The van der Waals surface area contributed by atoms with Gasteiger partial charge >= 0.3 is 0 Å². The van der Waals surface area contributed by atoms with E-state index >= 15 is 0 Å². The fraction of sp³-hybridized carbons (Fsp3) is 1.00. The monoisotopic (exact) mass is 279 g/mol. The molecule has 0 rings (SSSR count). The average molecular weight is 280 g/mol. The highest BCUT2D eigenvalue weighted by Crippen LogP contribution is 2.31. The number of aliphatic hydroxyl groups is 1. The van der Waals surface area contributed by atoms with E-state index in [1.54, 1.807) is 0 Å². The van der Waals surface area contributed by atoms with Crippen molar-refractivity contribution in [2.45, 2.75) is 46.1 Å². The molecule has 0 aliphatic rings. The van der Waals surface area contributed by atoms with Crippen molar-refractivity contribution < 1.29 is 5.11 Å². The number of aliphatic hydroxyl groups excluding tert-OH is 1. The molecule has 0 amide bonds. The second-order valence-corrected chi connectivity index (χ2v) is 5.73. The number of halogens is 1. The third kappa shape index (κ3) is 4.04. The van der Waals surface area contributed by atoms with E-state index < -0.39 is 0 Å². The summed E-state index contributed by atoms with van der Waals surface area (Å²) in [7, 11) is 2.10. The van der Waals surface area contributed by atoms with Crippen LogP contribution in [-0.4, -0.2) is 41.1 Å². The Morgan fingerprint density at radius 2 is 1.67 bits per heavy atom. The number of alkyl halides is 1. The molecule has 0 atom stereocenters. The van der Waals surface area contributed by atoms with Gasteiger partial charge in [0.25, 0.3) is 0 Å². The zero-order chi connectivity index (χ0) is 12.1. The molecule has 0 saturated carbocycles. The van der Waals surface area contributed by atoms with Crippen molar-refractivity contribution in [2.24, 2.45) is 5.41 Å². The molecular weight excluding hydrogens is 254 g/mol. The van der Waals surface area contributed by atoms with Crippen LogP contribution in [0.25, 0.3) is 0 Å². The van der Waals surface area contributed by atoms with E-state index in [1.807, 2.05) is 0 Å². The number of hydrogen-bond donors (Lipinski definition) is 1. The van der Waals surface area contributed by atoms with Crippen molar-refractivity contribution in [3.63, 3.8) is 0 Å². The lowest BCUT2D eigenvalue weighted by Gasteiger charge is -2.41. The summed E-state index contributed by atoms with van der Waals surface area (Å²) in [6.07, 6.45) is 2.33. The molecule has 3 heteroatoms. The largest absolute Gasteiger partial charge is 0.394 e. The van der Waals surface area contributed by atoms with Crippen LogP contribution < -0.4 is 0 Å². The van der Waals surface area contributed by atoms with Crippen LogP contribution in [0.1, 0.15) is 40.5 Å². The maximum Gasteiger partial charge on any atom is 0.0609 e. The molecule has 0 fully saturated rings. The zero-order valence-electron chi connectivity index (χ0n) is 10.8. The number of likely N-dealkylation sites (N-methyl/N-ethyl adjacent to an activating group) is 1. The summed E-state index contributed by atoms with van der Waals surface area (Å²) in [5.41, 5.74) is 0.207. The molecule has 15 heavy (non-hydrogen) atoms. The van der Waals surface area contributed by atoms with Crippen LogP contribution >= 0.6 is 15.9 Å². The minimum absolute atomic E-state index is 0.127. The average Bonchev–Trinajstić information content (AvgIpc) is 2.25. The molecule has 92 valence electrons. The Morgan fingerprint density at radius 3 is 1.93 bits per heavy atom. The van der Waals surface area contributed by atoms with Crippen molar-refractivity contribution in [1.82, 2.24) is 4.90 Å². The topological polar surface area (TPSA) is 23.5 Å². The number of nitrogens with zero attached hydrogens (tertiary/aromatic N) is 1. The molecular formula is C12H26BrNO. The first kappa shape index (κ1) is 15.4. The molecule has 0 aliphatic heterocycles. The standard InChI is InChI=1S/C12H26BrNO/c1-6-12(7-2,8-13)9-14(5)11(3,4)10-15/h15H,6-10H2,1-5H3. The minimum atomic E-state index is -0.127. The summed E-state index contributed by atoms with van der Waals surface area (Å²) in [6, 6.07) is 0. The van der Waals surface area contributed by atoms with Crippen molar-refractivity contribution in [3.05, 3.63) is 0 Å². The predicted molar refractivity (Wildman–Crippen MR) is 70.6 cm³/mol. The highest BCUT2D eigenvalue weighted by molar-refractivity contribution is 9.09. The Balaban J connectivity index is 4.54. The van der Waals surface area contributed by atoms with Crippen LogP contribution in [0.3, 0.4) is 0 Å². The Labute approximate surface area is 103 Å². The third-order valence-corrected chi connectivity index (χ3v) is 4.97. The van der Waals surface area contributed by atoms with Gasteiger partial charge < -0.3 is 5.11 Å². The molecule has 1 N–H and O–H groups in total. The van der Waals surface area contributed by atoms with Gasteiger partial charge in [0, 0.05) is 17.4 Å². The fourth-order valence-electron chi connectivity index (χ4n) is 1.54. The molecule has 0 heterocycles. The van der Waals surface area contributed by atoms with Gasteiger partial charge in [-0.05, 0) is 39.2 Å². The lowest BCUT2D eigenvalue weighted by atomic mass is 9.83. The van der Waals surface area contributed by atoms with E-state index in [0.717, 1.165) is 11.9 Å². The normalized spacial score (nSPS) is 13.6. The smallest absolute Gasteiger partial charge is 0.0609 e. The van der Waals surface area contributed by atoms with Crippen molar-refractivity contribution in [3.8, 4) is 0 Å². The third-order valence-electron chi connectivity index (χ3n) is 3.78. The molecule has 0 aliphatic carbocycles. The minimum Gasteiger partial charge on any atom is -0.394 e. The van der Waals surface area contributed by atoms with E-state index in [9.17, 15) is 5.11 Å². The molecule has 0 aromatic carbocycles. The van der Waals surface area contributed by atoms with Crippen LogP contribution in [0, 0.1) is 5.41 Å². The Morgan fingerprint density at radius 1 is 1.20 bits per heavy atom. The van der Waals surface area contributed by atoms with Gasteiger partial charge in [0.1, 0.15) is 0 Å². The van der Waals surface area contributed by atoms with Gasteiger partial charge in [-0.25, -0.2) is 0 Å². The summed E-state index contributed by atoms with van der Waals surface area (Å²) >= 11 is 3.62. The van der Waals surface area contributed by atoms with E-state index in [4.69, 9.17) is 0 Å². The first-order valence-electron chi connectivity index (χ1n) is 5.75. The Bertz CT molecular complexity index is 170. The molecule has 0 saturated heterocycles. The van der Waals surface area contributed by atoms with E-state index in [0.29, 0.717) is 5.41 Å². The molecule has 0 aromatic heterocycles. The van der Waals surface area contributed by atoms with Gasteiger partial charge in [-0.2, -0.15) is 0 Å². The first-order valence-corrected chi connectivity index (χ1v) is 6.87. The summed E-state index contributed by atoms with van der Waals surface area (Å²) in [5.74, 6) is 0. The first-order chi connectivity index (χ1) is 6.87. The van der Waals surface area contributed by atoms with E-state index in [1.165, 1.54) is 12.8 Å². The highest BCUT2D eigenvalue weighted by atomic mass is 79.9. The van der Waals surface area contributed by atoms with E-state index in [-0.39, 0.29) is 12.1 Å². The van der Waals surface area contributed by atoms with Crippen LogP contribution in [0.5, 0.6) is 0 Å². The SMILES string of the molecule is CCC(CC)(CBr)CN(C)C(C)(C)CO. The van der Waals surface area contributed by atoms with E-state index in [2.05, 4.69) is 55.6 Å². The second kappa shape index (κ2) is 6.21. The molecule has 2 nitrogen and oxygen atoms in total. The maximum absolute atomic E-state index is 9.33. The lowest BCUT2D eigenvalue weighted by molar-refractivity contribution is 0.0445. The van der Waals surface area contributed by atoms with Gasteiger partial charge in [0.05, 0.1) is 6.61 Å². The Kier molecular flexibility index (Phi) is 6.38. The molecule has 0 radical (unpaired) electrons. The van der Waals surface area contributed by atoms with Gasteiger partial charge in [-0.1, -0.05) is 29.8 Å². The highest BCUT2D eigenvalue weighted by Gasteiger charge is 2.31. The molecule has 0 aromatic rings. The van der Waals surface area contributed by atoms with Gasteiger partial charge in [-0.3, -0.25) is 4.90 Å². The van der Waals surface area contributed by atoms with Gasteiger partial charge in [0.2, 0.25) is 0 Å². The number of hydrogen-bond acceptors (Lipinski definition) is 2. The second-order valence-electron chi connectivity index (χ2n) is 5.17. The zero-order valence-corrected chi connectivity index (χ0v) is 12.4.